The molecule has 39 heavy (non-hydrogen) atoms. The highest BCUT2D eigenvalue weighted by molar-refractivity contribution is 5.97. The van der Waals surface area contributed by atoms with Gasteiger partial charge in [-0.15, -0.1) is 0 Å². The number of hydrogen-bond donors (Lipinski definition) is 1. The van der Waals surface area contributed by atoms with Gasteiger partial charge in [0.15, 0.2) is 0 Å². The number of ether oxygens (including phenoxy) is 2. The highest BCUT2D eigenvalue weighted by Crippen LogP contribution is 2.33. The monoisotopic (exact) mass is 547 g/mol. The van der Waals surface area contributed by atoms with Crippen LogP contribution in [0, 0.1) is 10.1 Å². The van der Waals surface area contributed by atoms with Gasteiger partial charge in [-0.3, -0.25) is 9.36 Å². The lowest BCUT2D eigenvalue weighted by Gasteiger charge is -2.36. The van der Waals surface area contributed by atoms with Crippen LogP contribution in [0.15, 0.2) is 48.7 Å². The van der Waals surface area contributed by atoms with Crippen LogP contribution < -0.4 is 14.4 Å². The zero-order valence-electron chi connectivity index (χ0n) is 20.5. The Hall–Kier alpha value is -4.49. The topological polar surface area (TPSA) is 123 Å². The van der Waals surface area contributed by atoms with Crippen LogP contribution in [0.4, 0.5) is 24.7 Å². The molecular weight excluding hydrogens is 523 g/mol. The molecule has 1 atom stereocenters. The third kappa shape index (κ3) is 5.68. The first-order valence-corrected chi connectivity index (χ1v) is 12.1. The molecule has 3 aromatic rings. The number of hydrogen-bond acceptors (Lipinski definition) is 8. The molecule has 1 fully saturated rings. The molecule has 1 unspecified atom stereocenters. The van der Waals surface area contributed by atoms with Crippen molar-refractivity contribution >= 4 is 17.4 Å². The fourth-order valence-electron chi connectivity index (χ4n) is 4.51. The highest BCUT2D eigenvalue weighted by Gasteiger charge is 2.33. The van der Waals surface area contributed by atoms with Crippen LogP contribution in [-0.4, -0.2) is 69.3 Å². The van der Waals surface area contributed by atoms with Gasteiger partial charge in [-0.25, -0.2) is 0 Å². The number of anilines is 1. The maximum absolute atomic E-state index is 12.8. The molecule has 3 heterocycles. The number of phenols is 1. The molecule has 0 spiro atoms. The number of imidazole rings is 1. The van der Waals surface area contributed by atoms with E-state index >= 15 is 0 Å². The number of nitro groups is 1. The molecule has 2 aliphatic heterocycles. The van der Waals surface area contributed by atoms with Crippen LogP contribution in [-0.2, 0) is 12.7 Å². The Kier molecular flexibility index (Phi) is 6.93. The zero-order chi connectivity index (χ0) is 27.7. The van der Waals surface area contributed by atoms with Crippen molar-refractivity contribution in [3.63, 3.8) is 0 Å². The van der Waals surface area contributed by atoms with Crippen LogP contribution in [0.2, 0.25) is 0 Å². The number of fused-ring (bicyclic) bond motifs is 1. The summed E-state index contributed by atoms with van der Waals surface area (Å²) in [7, 11) is 0. The summed E-state index contributed by atoms with van der Waals surface area (Å²) in [6.45, 7) is 2.47. The number of aryl methyl sites for hydroxylation is 1. The van der Waals surface area contributed by atoms with Crippen molar-refractivity contribution in [1.82, 2.24) is 14.5 Å². The second-order valence-electron chi connectivity index (χ2n) is 9.17. The first-order chi connectivity index (χ1) is 18.6. The minimum Gasteiger partial charge on any atom is -0.507 e. The lowest BCUT2D eigenvalue weighted by atomic mass is 10.1. The van der Waals surface area contributed by atoms with Gasteiger partial charge in [-0.2, -0.15) is 13.2 Å². The van der Waals surface area contributed by atoms with E-state index in [1.807, 2.05) is 24.3 Å². The number of aromatic nitrogens is 2. The summed E-state index contributed by atoms with van der Waals surface area (Å²) in [5.74, 6) is -0.858. The van der Waals surface area contributed by atoms with Gasteiger partial charge in [0.1, 0.15) is 30.4 Å². The maximum Gasteiger partial charge on any atom is 0.416 e. The first kappa shape index (κ1) is 26.1. The standard InChI is InChI=1S/C25H24F3N5O6/c26-25(27,28)16-1-6-20(21(34)13-16)23(35)31-11-9-30(10-12-31)17-2-4-18(5-3-17)38-15-19-7-8-32-14-22(33(36)37)29-24(32)39-19/h1-6,13-14,19,34H,7-12,15H2. The summed E-state index contributed by atoms with van der Waals surface area (Å²) in [6, 6.07) is 9.93. The minimum atomic E-state index is -4.61. The Morgan fingerprint density at radius 2 is 1.85 bits per heavy atom. The van der Waals surface area contributed by atoms with E-state index in [9.17, 15) is 33.2 Å². The van der Waals surface area contributed by atoms with Gasteiger partial charge < -0.3 is 34.5 Å². The fourth-order valence-corrected chi connectivity index (χ4v) is 4.51. The first-order valence-electron chi connectivity index (χ1n) is 12.1. The van der Waals surface area contributed by atoms with Crippen molar-refractivity contribution in [3.8, 4) is 17.5 Å². The Morgan fingerprint density at radius 1 is 1.13 bits per heavy atom. The molecule has 11 nitrogen and oxygen atoms in total. The predicted octanol–water partition coefficient (Wildman–Crippen LogP) is 3.71. The summed E-state index contributed by atoms with van der Waals surface area (Å²) in [5.41, 5.74) is -0.268. The molecule has 1 amide bonds. The molecule has 5 rings (SSSR count). The quantitative estimate of drug-likeness (QED) is 0.366. The molecule has 0 aliphatic carbocycles. The second kappa shape index (κ2) is 10.3. The largest absolute Gasteiger partial charge is 0.507 e. The average Bonchev–Trinajstić information content (AvgIpc) is 3.35. The maximum atomic E-state index is 12.8. The number of phenolic OH excluding ortho intramolecular Hbond substituents is 1. The number of piperazine rings is 1. The van der Waals surface area contributed by atoms with Crippen LogP contribution in [0.3, 0.4) is 0 Å². The van der Waals surface area contributed by atoms with E-state index in [2.05, 4.69) is 9.88 Å². The van der Waals surface area contributed by atoms with Gasteiger partial charge in [0, 0.05) is 49.8 Å². The van der Waals surface area contributed by atoms with E-state index in [0.717, 1.165) is 17.8 Å². The normalized spacial score (nSPS) is 17.4. The third-order valence-electron chi connectivity index (χ3n) is 6.64. The summed E-state index contributed by atoms with van der Waals surface area (Å²) in [5, 5.41) is 20.9. The zero-order valence-corrected chi connectivity index (χ0v) is 20.5. The molecule has 0 saturated carbocycles. The van der Waals surface area contributed by atoms with Crippen LogP contribution in [0.1, 0.15) is 22.3 Å². The van der Waals surface area contributed by atoms with E-state index in [4.69, 9.17) is 9.47 Å². The molecule has 0 radical (unpaired) electrons. The number of carbonyl (C=O) groups is 1. The second-order valence-corrected chi connectivity index (χ2v) is 9.17. The molecule has 1 aromatic heterocycles. The Labute approximate surface area is 220 Å². The van der Waals surface area contributed by atoms with Crippen LogP contribution in [0.25, 0.3) is 0 Å². The molecule has 0 bridgehead atoms. The number of benzene rings is 2. The van der Waals surface area contributed by atoms with Crippen molar-refractivity contribution in [2.75, 3.05) is 37.7 Å². The average molecular weight is 547 g/mol. The van der Waals surface area contributed by atoms with E-state index < -0.39 is 28.3 Å². The number of amides is 1. The highest BCUT2D eigenvalue weighted by atomic mass is 19.4. The molecule has 14 heteroatoms. The number of alkyl halides is 3. The van der Waals surface area contributed by atoms with Crippen molar-refractivity contribution in [3.05, 3.63) is 69.9 Å². The van der Waals surface area contributed by atoms with Crippen molar-refractivity contribution < 1.29 is 37.5 Å². The number of halogens is 3. The van der Waals surface area contributed by atoms with Crippen molar-refractivity contribution in [1.29, 1.82) is 0 Å². The summed E-state index contributed by atoms with van der Waals surface area (Å²) >= 11 is 0. The number of aromatic hydroxyl groups is 1. The van der Waals surface area contributed by atoms with Crippen molar-refractivity contribution in [2.24, 2.45) is 0 Å². The van der Waals surface area contributed by atoms with Gasteiger partial charge in [0.05, 0.1) is 11.1 Å². The molecule has 1 saturated heterocycles. The van der Waals surface area contributed by atoms with Gasteiger partial charge in [-0.1, -0.05) is 0 Å². The van der Waals surface area contributed by atoms with Crippen LogP contribution in [0.5, 0.6) is 17.5 Å². The Morgan fingerprint density at radius 3 is 2.49 bits per heavy atom. The fraction of sp³-hybridized carbons (Fsp3) is 0.360. The van der Waals surface area contributed by atoms with E-state index in [1.54, 1.807) is 4.57 Å². The van der Waals surface area contributed by atoms with Gasteiger partial charge in [0.25, 0.3) is 5.91 Å². The SMILES string of the molecule is O=C(c1ccc(C(F)(F)F)cc1O)N1CCN(c2ccc(OCC3CCn4cc([N+](=O)[O-])nc4O3)cc2)CC1. The van der Waals surface area contributed by atoms with Gasteiger partial charge in [-0.05, 0) is 47.4 Å². The van der Waals surface area contributed by atoms with E-state index in [1.165, 1.54) is 11.1 Å². The molecule has 1 N–H and O–H groups in total. The minimum absolute atomic E-state index is 0.165. The number of nitrogens with zero attached hydrogens (tertiary/aromatic N) is 5. The van der Waals surface area contributed by atoms with Crippen LogP contribution >= 0.6 is 0 Å². The van der Waals surface area contributed by atoms with Gasteiger partial charge >= 0.3 is 18.0 Å². The van der Waals surface area contributed by atoms with Crippen molar-refractivity contribution in [2.45, 2.75) is 25.2 Å². The Balaban J connectivity index is 1.11. The lowest BCUT2D eigenvalue weighted by molar-refractivity contribution is -0.389. The van der Waals surface area contributed by atoms with E-state index in [-0.39, 0.29) is 30.1 Å². The van der Waals surface area contributed by atoms with E-state index in [0.29, 0.717) is 51.0 Å². The summed E-state index contributed by atoms with van der Waals surface area (Å²) < 4.78 is 51.7. The number of carbonyl (C=O) groups excluding carboxylic acids is 1. The lowest BCUT2D eigenvalue weighted by Crippen LogP contribution is -2.48. The molecule has 2 aromatic carbocycles. The number of rotatable bonds is 6. The van der Waals surface area contributed by atoms with Gasteiger partial charge in [0.2, 0.25) is 0 Å². The Bertz CT molecular complexity index is 1370. The third-order valence-corrected chi connectivity index (χ3v) is 6.64. The predicted molar refractivity (Wildman–Crippen MR) is 131 cm³/mol. The molecule has 206 valence electrons. The molecular formula is C25H24F3N5O6. The molecule has 2 aliphatic rings. The smallest absolute Gasteiger partial charge is 0.416 e. The summed E-state index contributed by atoms with van der Waals surface area (Å²) in [6.07, 6.45) is -2.94. The summed E-state index contributed by atoms with van der Waals surface area (Å²) in [4.78, 5) is 30.5.